The van der Waals surface area contributed by atoms with Crippen LogP contribution >= 0.6 is 12.4 Å². The van der Waals surface area contributed by atoms with Gasteiger partial charge in [0, 0.05) is 25.2 Å². The Hall–Kier alpha value is -1.46. The van der Waals surface area contributed by atoms with E-state index in [1.165, 1.54) is 12.8 Å². The highest BCUT2D eigenvalue weighted by atomic mass is 35.5. The second kappa shape index (κ2) is 8.41. The van der Waals surface area contributed by atoms with Crippen LogP contribution < -0.4 is 14.8 Å². The van der Waals surface area contributed by atoms with Gasteiger partial charge in [-0.15, -0.1) is 12.4 Å². The third kappa shape index (κ3) is 4.52. The van der Waals surface area contributed by atoms with Gasteiger partial charge in [0.25, 0.3) is 0 Å². The lowest BCUT2D eigenvalue weighted by atomic mass is 10.1. The molecule has 6 heteroatoms. The zero-order valence-corrected chi connectivity index (χ0v) is 14.3. The molecule has 23 heavy (non-hydrogen) atoms. The molecule has 2 unspecified atom stereocenters. The molecule has 0 radical (unpaired) electrons. The Bertz CT molecular complexity index is 526. The van der Waals surface area contributed by atoms with E-state index in [9.17, 15) is 4.79 Å². The Kier molecular flexibility index (Phi) is 6.54. The van der Waals surface area contributed by atoms with Crippen molar-refractivity contribution >= 4 is 18.3 Å². The van der Waals surface area contributed by atoms with Crippen LogP contribution in [0.15, 0.2) is 24.3 Å². The molecule has 2 saturated heterocycles. The number of carbonyl (C=O) groups is 1. The highest BCUT2D eigenvalue weighted by Gasteiger charge is 2.30. The number of benzene rings is 1. The van der Waals surface area contributed by atoms with Crippen molar-refractivity contribution in [3.8, 4) is 11.5 Å². The fraction of sp³-hybridized carbons (Fsp3) is 0.588. The summed E-state index contributed by atoms with van der Waals surface area (Å²) in [7, 11) is 1.62. The Morgan fingerprint density at radius 2 is 1.96 bits per heavy atom. The predicted molar refractivity (Wildman–Crippen MR) is 91.5 cm³/mol. The van der Waals surface area contributed by atoms with Gasteiger partial charge in [0.1, 0.15) is 0 Å². The van der Waals surface area contributed by atoms with Crippen molar-refractivity contribution in [2.24, 2.45) is 0 Å². The first-order valence-electron chi connectivity index (χ1n) is 8.06. The molecule has 0 aromatic heterocycles. The third-order valence-corrected chi connectivity index (χ3v) is 4.52. The van der Waals surface area contributed by atoms with E-state index >= 15 is 0 Å². The predicted octanol–water partition coefficient (Wildman–Crippen LogP) is 2.24. The van der Waals surface area contributed by atoms with Crippen LogP contribution in [0.5, 0.6) is 11.5 Å². The van der Waals surface area contributed by atoms with Gasteiger partial charge in [0.2, 0.25) is 5.91 Å². The van der Waals surface area contributed by atoms with Crippen LogP contribution in [0, 0.1) is 0 Å². The van der Waals surface area contributed by atoms with E-state index in [-0.39, 0.29) is 18.3 Å². The molecule has 2 fully saturated rings. The van der Waals surface area contributed by atoms with Crippen LogP contribution in [0.1, 0.15) is 25.7 Å². The van der Waals surface area contributed by atoms with Gasteiger partial charge in [0.05, 0.1) is 20.1 Å². The van der Waals surface area contributed by atoms with E-state index in [2.05, 4.69) is 5.32 Å². The van der Waals surface area contributed by atoms with Gasteiger partial charge < -0.3 is 19.7 Å². The zero-order chi connectivity index (χ0) is 15.4. The lowest BCUT2D eigenvalue weighted by Gasteiger charge is -2.24. The summed E-state index contributed by atoms with van der Waals surface area (Å²) < 4.78 is 10.9. The summed E-state index contributed by atoms with van der Waals surface area (Å²) in [5.74, 6) is 1.57. The van der Waals surface area contributed by atoms with Gasteiger partial charge in [0.15, 0.2) is 11.5 Å². The normalized spacial score (nSPS) is 22.9. The number of nitrogens with one attached hydrogen (secondary N) is 1. The fourth-order valence-corrected chi connectivity index (χ4v) is 3.31. The van der Waals surface area contributed by atoms with Crippen molar-refractivity contribution in [1.29, 1.82) is 0 Å². The maximum Gasteiger partial charge on any atom is 0.226 e. The van der Waals surface area contributed by atoms with E-state index in [1.807, 2.05) is 29.2 Å². The largest absolute Gasteiger partial charge is 0.493 e. The van der Waals surface area contributed by atoms with Crippen molar-refractivity contribution in [1.82, 2.24) is 10.2 Å². The smallest absolute Gasteiger partial charge is 0.226 e. The summed E-state index contributed by atoms with van der Waals surface area (Å²) >= 11 is 0. The first kappa shape index (κ1) is 17.9. The van der Waals surface area contributed by atoms with Crippen LogP contribution in [-0.2, 0) is 4.79 Å². The Morgan fingerprint density at radius 1 is 1.22 bits per heavy atom. The second-order valence-corrected chi connectivity index (χ2v) is 6.02. The molecule has 3 rings (SSSR count). The second-order valence-electron chi connectivity index (χ2n) is 6.02. The summed E-state index contributed by atoms with van der Waals surface area (Å²) in [4.78, 5) is 14.3. The molecule has 2 heterocycles. The molecule has 1 N–H and O–H groups in total. The van der Waals surface area contributed by atoms with Crippen LogP contribution in [0.3, 0.4) is 0 Å². The minimum Gasteiger partial charge on any atom is -0.493 e. The van der Waals surface area contributed by atoms with Gasteiger partial charge in [-0.1, -0.05) is 12.1 Å². The number of halogens is 1. The molecule has 2 aliphatic rings. The number of likely N-dealkylation sites (tertiary alicyclic amines) is 1. The summed E-state index contributed by atoms with van der Waals surface area (Å²) in [6, 6.07) is 8.60. The Balaban J connectivity index is 0.00000192. The van der Waals surface area contributed by atoms with Crippen LogP contribution in [-0.4, -0.2) is 49.7 Å². The number of amides is 1. The standard InChI is InChI=1S/C17H24N2O3.ClH/c1-21-15-4-2-3-5-16(15)22-11-9-17(20)19-10-8-13-6-7-14(12-19)18-13;/h2-5,13-14,18H,6-12H2,1H3;1H. The number of nitrogens with zero attached hydrogens (tertiary/aromatic N) is 1. The average molecular weight is 341 g/mol. The molecule has 128 valence electrons. The number of hydrogen-bond donors (Lipinski definition) is 1. The maximum atomic E-state index is 12.4. The van der Waals surface area contributed by atoms with Crippen molar-refractivity contribution in [2.75, 3.05) is 26.8 Å². The number of hydrogen-bond acceptors (Lipinski definition) is 4. The molecule has 1 amide bonds. The number of carbonyl (C=O) groups excluding carboxylic acids is 1. The summed E-state index contributed by atoms with van der Waals surface area (Å²) in [5.41, 5.74) is 0. The highest BCUT2D eigenvalue weighted by molar-refractivity contribution is 5.85. The minimum atomic E-state index is 0. The molecular formula is C17H25ClN2O3. The lowest BCUT2D eigenvalue weighted by Crippen LogP contribution is -2.39. The Labute approximate surface area is 143 Å². The van der Waals surface area contributed by atoms with E-state index in [0.717, 1.165) is 19.5 Å². The van der Waals surface area contributed by atoms with Crippen LogP contribution in [0.4, 0.5) is 0 Å². The van der Waals surface area contributed by atoms with Gasteiger partial charge in [-0.3, -0.25) is 4.79 Å². The summed E-state index contributed by atoms with van der Waals surface area (Å²) in [5, 5.41) is 3.59. The Morgan fingerprint density at radius 3 is 2.74 bits per heavy atom. The molecular weight excluding hydrogens is 316 g/mol. The first-order chi connectivity index (χ1) is 10.8. The van der Waals surface area contributed by atoms with E-state index in [4.69, 9.17) is 9.47 Å². The average Bonchev–Trinajstić information content (AvgIpc) is 2.86. The van der Waals surface area contributed by atoms with Crippen molar-refractivity contribution < 1.29 is 14.3 Å². The van der Waals surface area contributed by atoms with Gasteiger partial charge >= 0.3 is 0 Å². The van der Waals surface area contributed by atoms with Gasteiger partial charge in [-0.05, 0) is 31.4 Å². The molecule has 1 aromatic carbocycles. The number of fused-ring (bicyclic) bond motifs is 2. The third-order valence-electron chi connectivity index (χ3n) is 4.52. The molecule has 2 aliphatic heterocycles. The van der Waals surface area contributed by atoms with E-state index in [0.29, 0.717) is 36.6 Å². The molecule has 0 saturated carbocycles. The molecule has 0 spiro atoms. The van der Waals surface area contributed by atoms with Crippen LogP contribution in [0.2, 0.25) is 0 Å². The topological polar surface area (TPSA) is 50.8 Å². The lowest BCUT2D eigenvalue weighted by molar-refractivity contribution is -0.132. The van der Waals surface area contributed by atoms with Gasteiger partial charge in [-0.2, -0.15) is 0 Å². The summed E-state index contributed by atoms with van der Waals surface area (Å²) in [6.07, 6.45) is 3.92. The molecule has 5 nitrogen and oxygen atoms in total. The van der Waals surface area contributed by atoms with Crippen molar-refractivity contribution in [3.05, 3.63) is 24.3 Å². The quantitative estimate of drug-likeness (QED) is 0.893. The fourth-order valence-electron chi connectivity index (χ4n) is 3.31. The highest BCUT2D eigenvalue weighted by Crippen LogP contribution is 2.26. The SMILES string of the molecule is COc1ccccc1OCCC(=O)N1CCC2CCC(C1)N2.Cl. The number of rotatable bonds is 5. The monoisotopic (exact) mass is 340 g/mol. The number of methoxy groups -OCH3 is 1. The van der Waals surface area contributed by atoms with Gasteiger partial charge in [-0.25, -0.2) is 0 Å². The molecule has 2 atom stereocenters. The summed E-state index contributed by atoms with van der Waals surface area (Å²) in [6.45, 7) is 2.09. The van der Waals surface area contributed by atoms with Crippen molar-refractivity contribution in [3.63, 3.8) is 0 Å². The zero-order valence-electron chi connectivity index (χ0n) is 13.5. The minimum absolute atomic E-state index is 0. The number of ether oxygens (including phenoxy) is 2. The molecule has 2 bridgehead atoms. The molecule has 1 aromatic rings. The van der Waals surface area contributed by atoms with Crippen molar-refractivity contribution in [2.45, 2.75) is 37.8 Å². The van der Waals surface area contributed by atoms with E-state index in [1.54, 1.807) is 7.11 Å². The maximum absolute atomic E-state index is 12.4. The number of para-hydroxylation sites is 2. The molecule has 0 aliphatic carbocycles. The van der Waals surface area contributed by atoms with Crippen LogP contribution in [0.25, 0.3) is 0 Å². The van der Waals surface area contributed by atoms with E-state index < -0.39 is 0 Å². The first-order valence-corrected chi connectivity index (χ1v) is 8.06.